The molecule has 9 nitrogen and oxygen atoms in total. The van der Waals surface area contributed by atoms with Crippen molar-refractivity contribution in [2.75, 3.05) is 13.2 Å². The fourth-order valence-electron chi connectivity index (χ4n) is 2.31. The number of ether oxygens (including phenoxy) is 1. The van der Waals surface area contributed by atoms with Crippen molar-refractivity contribution in [1.29, 1.82) is 0 Å². The Bertz CT molecular complexity index is 712. The van der Waals surface area contributed by atoms with Gasteiger partial charge in [0.05, 0.1) is 10.6 Å². The number of aliphatic hydroxyl groups excluding tert-OH is 1. The zero-order valence-electron chi connectivity index (χ0n) is 15.1. The van der Waals surface area contributed by atoms with Gasteiger partial charge in [0.25, 0.3) is 0 Å². The number of hydrogen-bond donors (Lipinski definition) is 3. The minimum Gasteiger partial charge on any atom is -0.484 e. The van der Waals surface area contributed by atoms with Gasteiger partial charge in [-0.15, -0.1) is 0 Å². The van der Waals surface area contributed by atoms with E-state index in [0.717, 1.165) is 0 Å². The van der Waals surface area contributed by atoms with Crippen LogP contribution in [0.25, 0.3) is 0 Å². The SMILES string of the molecule is CC(C)(C)NCC(O)COc1cc(C2=NNC(=O)CC2)ccc1[N+](=O)[O-]. The Morgan fingerprint density at radius 1 is 1.42 bits per heavy atom. The summed E-state index contributed by atoms with van der Waals surface area (Å²) in [6.45, 7) is 6.13. The lowest BCUT2D eigenvalue weighted by molar-refractivity contribution is -0.385. The molecule has 1 aliphatic heterocycles. The van der Waals surface area contributed by atoms with Crippen molar-refractivity contribution in [1.82, 2.24) is 10.7 Å². The Labute approximate surface area is 151 Å². The van der Waals surface area contributed by atoms with E-state index in [4.69, 9.17) is 4.74 Å². The third-order valence-electron chi connectivity index (χ3n) is 3.69. The summed E-state index contributed by atoms with van der Waals surface area (Å²) in [4.78, 5) is 21.9. The van der Waals surface area contributed by atoms with Crippen LogP contribution in [0.2, 0.25) is 0 Å². The van der Waals surface area contributed by atoms with E-state index >= 15 is 0 Å². The average molecular weight is 364 g/mol. The van der Waals surface area contributed by atoms with Gasteiger partial charge in [0.2, 0.25) is 5.91 Å². The minimum atomic E-state index is -0.816. The molecule has 0 saturated heterocycles. The number of aliphatic hydroxyl groups is 1. The zero-order chi connectivity index (χ0) is 19.3. The maximum atomic E-state index is 11.2. The Morgan fingerprint density at radius 3 is 2.73 bits per heavy atom. The first kappa shape index (κ1) is 19.8. The van der Waals surface area contributed by atoms with Gasteiger partial charge in [-0.05, 0) is 32.9 Å². The van der Waals surface area contributed by atoms with Gasteiger partial charge >= 0.3 is 5.69 Å². The van der Waals surface area contributed by atoms with Crippen LogP contribution >= 0.6 is 0 Å². The molecular weight excluding hydrogens is 340 g/mol. The van der Waals surface area contributed by atoms with Gasteiger partial charge in [0.15, 0.2) is 5.75 Å². The highest BCUT2D eigenvalue weighted by Crippen LogP contribution is 2.29. The molecular formula is C17H24N4O5. The quantitative estimate of drug-likeness (QED) is 0.495. The van der Waals surface area contributed by atoms with Crippen LogP contribution in [0.5, 0.6) is 5.75 Å². The molecule has 0 saturated carbocycles. The number of nitrogens with zero attached hydrogens (tertiary/aromatic N) is 2. The number of nitro benzene ring substituents is 1. The Kier molecular flexibility index (Phi) is 6.27. The maximum absolute atomic E-state index is 11.2. The lowest BCUT2D eigenvalue weighted by atomic mass is 10.0. The lowest BCUT2D eigenvalue weighted by Crippen LogP contribution is -2.42. The van der Waals surface area contributed by atoms with Crippen molar-refractivity contribution in [3.05, 3.63) is 33.9 Å². The summed E-state index contributed by atoms with van der Waals surface area (Å²) in [7, 11) is 0. The smallest absolute Gasteiger partial charge is 0.310 e. The van der Waals surface area contributed by atoms with Crippen LogP contribution in [0, 0.1) is 10.1 Å². The van der Waals surface area contributed by atoms with E-state index in [9.17, 15) is 20.0 Å². The van der Waals surface area contributed by atoms with Gasteiger partial charge in [-0.25, -0.2) is 5.43 Å². The summed E-state index contributed by atoms with van der Waals surface area (Å²) >= 11 is 0. The molecule has 0 radical (unpaired) electrons. The minimum absolute atomic E-state index is 0.0573. The largest absolute Gasteiger partial charge is 0.484 e. The fourth-order valence-corrected chi connectivity index (χ4v) is 2.31. The van der Waals surface area contributed by atoms with Crippen molar-refractivity contribution in [2.24, 2.45) is 5.10 Å². The van der Waals surface area contributed by atoms with Crippen molar-refractivity contribution in [3.63, 3.8) is 0 Å². The van der Waals surface area contributed by atoms with Gasteiger partial charge in [-0.2, -0.15) is 5.10 Å². The molecule has 0 fully saturated rings. The molecule has 26 heavy (non-hydrogen) atoms. The first-order valence-electron chi connectivity index (χ1n) is 8.36. The maximum Gasteiger partial charge on any atom is 0.310 e. The number of nitrogens with one attached hydrogen (secondary N) is 2. The van der Waals surface area contributed by atoms with Gasteiger partial charge in [-0.1, -0.05) is 0 Å². The summed E-state index contributed by atoms with van der Waals surface area (Å²) in [6.07, 6.45) is -0.0616. The van der Waals surface area contributed by atoms with E-state index in [-0.39, 0.29) is 29.5 Å². The first-order valence-corrected chi connectivity index (χ1v) is 8.36. The average Bonchev–Trinajstić information content (AvgIpc) is 2.57. The Morgan fingerprint density at radius 2 is 2.15 bits per heavy atom. The summed E-state index contributed by atoms with van der Waals surface area (Å²) in [5.74, 6) is -0.108. The molecule has 0 aromatic heterocycles. The van der Waals surface area contributed by atoms with Crippen LogP contribution in [0.4, 0.5) is 5.69 Å². The molecule has 1 heterocycles. The monoisotopic (exact) mass is 364 g/mol. The van der Waals surface area contributed by atoms with E-state index in [1.165, 1.54) is 12.1 Å². The molecule has 1 aromatic rings. The van der Waals surface area contributed by atoms with Crippen molar-refractivity contribution >= 4 is 17.3 Å². The van der Waals surface area contributed by atoms with E-state index in [1.54, 1.807) is 6.07 Å². The summed E-state index contributed by atoms with van der Waals surface area (Å²) in [5, 5.41) is 28.4. The molecule has 2 rings (SSSR count). The van der Waals surface area contributed by atoms with Crippen LogP contribution in [-0.2, 0) is 4.79 Å². The van der Waals surface area contributed by atoms with Crippen LogP contribution in [0.15, 0.2) is 23.3 Å². The van der Waals surface area contributed by atoms with Crippen LogP contribution in [-0.4, -0.2) is 46.4 Å². The van der Waals surface area contributed by atoms with Gasteiger partial charge in [-0.3, -0.25) is 14.9 Å². The number of rotatable bonds is 7. The molecule has 1 aromatic carbocycles. The highest BCUT2D eigenvalue weighted by atomic mass is 16.6. The molecule has 0 bridgehead atoms. The number of carbonyl (C=O) groups is 1. The highest BCUT2D eigenvalue weighted by molar-refractivity contribution is 6.04. The topological polar surface area (TPSA) is 126 Å². The normalized spacial score (nSPS) is 15.8. The van der Waals surface area contributed by atoms with E-state index in [1.807, 2.05) is 20.8 Å². The molecule has 1 aliphatic rings. The Hall–Kier alpha value is -2.52. The number of nitro groups is 1. The number of hydrogen-bond acceptors (Lipinski definition) is 7. The molecule has 1 atom stereocenters. The standard InChI is InChI=1S/C17H24N4O5/c1-17(2,3)18-9-12(22)10-26-15-8-11(4-6-14(15)21(24)25)13-5-7-16(23)20-19-13/h4,6,8,12,18,22H,5,7,9-10H2,1-3H3,(H,20,23). The van der Waals surface area contributed by atoms with Crippen LogP contribution in [0.1, 0.15) is 39.2 Å². The predicted molar refractivity (Wildman–Crippen MR) is 96.3 cm³/mol. The van der Waals surface area contributed by atoms with Crippen molar-refractivity contribution in [3.8, 4) is 5.75 Å². The second-order valence-corrected chi connectivity index (χ2v) is 7.13. The second-order valence-electron chi connectivity index (χ2n) is 7.13. The number of hydrazone groups is 1. The van der Waals surface area contributed by atoms with Crippen LogP contribution in [0.3, 0.4) is 0 Å². The summed E-state index contributed by atoms with van der Waals surface area (Å²) < 4.78 is 5.50. The number of β-amino-alcohol motifs (C(OH)–C–C–N with tert-alkyl or cyclic N) is 1. The van der Waals surface area contributed by atoms with Crippen molar-refractivity contribution < 1.29 is 19.6 Å². The molecule has 9 heteroatoms. The molecule has 0 aliphatic carbocycles. The van der Waals surface area contributed by atoms with Gasteiger partial charge < -0.3 is 15.2 Å². The molecule has 142 valence electrons. The second kappa shape index (κ2) is 8.24. The van der Waals surface area contributed by atoms with Crippen molar-refractivity contribution in [2.45, 2.75) is 45.3 Å². The molecule has 1 unspecified atom stereocenters. The molecule has 0 spiro atoms. The van der Waals surface area contributed by atoms with Gasteiger partial charge in [0.1, 0.15) is 12.7 Å². The lowest BCUT2D eigenvalue weighted by Gasteiger charge is -2.23. The van der Waals surface area contributed by atoms with E-state index in [0.29, 0.717) is 30.7 Å². The van der Waals surface area contributed by atoms with E-state index in [2.05, 4.69) is 15.8 Å². The molecule has 3 N–H and O–H groups in total. The number of amides is 1. The highest BCUT2D eigenvalue weighted by Gasteiger charge is 2.21. The van der Waals surface area contributed by atoms with Gasteiger partial charge in [0, 0.05) is 36.6 Å². The first-order chi connectivity index (χ1) is 12.2. The molecule has 1 amide bonds. The number of carbonyl (C=O) groups excluding carboxylic acids is 1. The van der Waals surface area contributed by atoms with Crippen LogP contribution < -0.4 is 15.5 Å². The zero-order valence-corrected chi connectivity index (χ0v) is 15.1. The Balaban J connectivity index is 2.11. The predicted octanol–water partition coefficient (Wildman–Crippen LogP) is 1.34. The third-order valence-corrected chi connectivity index (χ3v) is 3.69. The fraction of sp³-hybridized carbons (Fsp3) is 0.529. The summed E-state index contributed by atoms with van der Waals surface area (Å²) in [5.41, 5.74) is 3.31. The van der Waals surface area contributed by atoms with E-state index < -0.39 is 11.0 Å². The third kappa shape index (κ3) is 5.78. The number of benzene rings is 1. The summed E-state index contributed by atoms with van der Waals surface area (Å²) in [6, 6.07) is 4.42.